The molecule has 10 rings (SSSR count). The van der Waals surface area contributed by atoms with Crippen molar-refractivity contribution in [3.8, 4) is 33.4 Å². The van der Waals surface area contributed by atoms with Gasteiger partial charge in [0.2, 0.25) is 0 Å². The zero-order chi connectivity index (χ0) is 33.7. The Labute approximate surface area is 295 Å². The van der Waals surface area contributed by atoms with E-state index in [0.717, 1.165) is 94.3 Å². The van der Waals surface area contributed by atoms with Crippen molar-refractivity contribution in [3.05, 3.63) is 188 Å². The molecule has 0 aliphatic heterocycles. The van der Waals surface area contributed by atoms with Crippen molar-refractivity contribution in [1.82, 2.24) is 0 Å². The summed E-state index contributed by atoms with van der Waals surface area (Å²) >= 11 is 0. The summed E-state index contributed by atoms with van der Waals surface area (Å²) in [6.07, 6.45) is 0. The lowest BCUT2D eigenvalue weighted by molar-refractivity contribution is 0.668. The van der Waals surface area contributed by atoms with Crippen LogP contribution in [0.2, 0.25) is 0 Å². The van der Waals surface area contributed by atoms with Gasteiger partial charge in [-0.25, -0.2) is 0 Å². The Morgan fingerprint density at radius 3 is 1.67 bits per heavy atom. The SMILES string of the molecule is c1ccc(-c2ccccc2N(c2ccc(-c3cccc4oc5ccccc5c34)cc2)c2c(-c3ccccc3)ccc3c2oc2ccccc23)cc1. The van der Waals surface area contributed by atoms with Gasteiger partial charge in [-0.05, 0) is 64.7 Å². The molecule has 0 aliphatic carbocycles. The average molecular weight is 654 g/mol. The fourth-order valence-corrected chi connectivity index (χ4v) is 7.57. The summed E-state index contributed by atoms with van der Waals surface area (Å²) in [5.74, 6) is 0. The van der Waals surface area contributed by atoms with Gasteiger partial charge in [-0.15, -0.1) is 0 Å². The summed E-state index contributed by atoms with van der Waals surface area (Å²) in [5, 5.41) is 4.43. The molecule has 3 heteroatoms. The van der Waals surface area contributed by atoms with Crippen molar-refractivity contribution < 1.29 is 8.83 Å². The van der Waals surface area contributed by atoms with Gasteiger partial charge in [-0.2, -0.15) is 0 Å². The van der Waals surface area contributed by atoms with Crippen LogP contribution in [0.1, 0.15) is 0 Å². The van der Waals surface area contributed by atoms with Crippen molar-refractivity contribution in [1.29, 1.82) is 0 Å². The Bertz CT molecular complexity index is 2850. The van der Waals surface area contributed by atoms with Crippen LogP contribution in [-0.4, -0.2) is 0 Å². The van der Waals surface area contributed by atoms with Crippen LogP contribution in [0.15, 0.2) is 197 Å². The Balaban J connectivity index is 1.25. The Hall–Kier alpha value is -6.84. The summed E-state index contributed by atoms with van der Waals surface area (Å²) in [5.41, 5.74) is 13.3. The summed E-state index contributed by atoms with van der Waals surface area (Å²) in [7, 11) is 0. The highest BCUT2D eigenvalue weighted by Crippen LogP contribution is 2.50. The fourth-order valence-electron chi connectivity index (χ4n) is 7.57. The Kier molecular flexibility index (Phi) is 6.81. The lowest BCUT2D eigenvalue weighted by atomic mass is 9.96. The molecular formula is C48H31NO2. The maximum atomic E-state index is 6.84. The van der Waals surface area contributed by atoms with Crippen LogP contribution < -0.4 is 4.90 Å². The van der Waals surface area contributed by atoms with Crippen LogP contribution >= 0.6 is 0 Å². The first-order valence-electron chi connectivity index (χ1n) is 17.3. The van der Waals surface area contributed by atoms with Gasteiger partial charge >= 0.3 is 0 Å². The van der Waals surface area contributed by atoms with Gasteiger partial charge in [0.1, 0.15) is 16.7 Å². The van der Waals surface area contributed by atoms with E-state index in [-0.39, 0.29) is 0 Å². The number of rotatable bonds is 6. The Morgan fingerprint density at radius 2 is 0.902 bits per heavy atom. The number of nitrogens with zero attached hydrogens (tertiary/aromatic N) is 1. The van der Waals surface area contributed by atoms with Gasteiger partial charge in [0.15, 0.2) is 5.58 Å². The summed E-state index contributed by atoms with van der Waals surface area (Å²) in [6, 6.07) is 66.1. The lowest BCUT2D eigenvalue weighted by Crippen LogP contribution is -2.13. The van der Waals surface area contributed by atoms with Crippen LogP contribution in [0, 0.1) is 0 Å². The van der Waals surface area contributed by atoms with E-state index in [9.17, 15) is 0 Å². The number of hydrogen-bond donors (Lipinski definition) is 0. The molecule has 3 nitrogen and oxygen atoms in total. The molecule has 0 N–H and O–H groups in total. The maximum absolute atomic E-state index is 6.84. The Morgan fingerprint density at radius 1 is 0.333 bits per heavy atom. The number of anilines is 3. The van der Waals surface area contributed by atoms with Gasteiger partial charge in [-0.3, -0.25) is 0 Å². The summed E-state index contributed by atoms with van der Waals surface area (Å²) in [4.78, 5) is 2.38. The first-order valence-corrected chi connectivity index (χ1v) is 17.3. The standard InChI is InChI=1S/C48H31NO2/c1-3-14-32(15-4-1)36-18-7-10-22-42(36)49(35-28-26-34(27-29-35)37-21-13-25-45-46(37)41-20-9-12-24-44(41)50-45)47-38(33-16-5-2-6-17-33)30-31-40-39-19-8-11-23-43(39)51-48(40)47/h1-31H. The highest BCUT2D eigenvalue weighted by Gasteiger charge is 2.26. The van der Waals surface area contributed by atoms with Gasteiger partial charge in [0, 0.05) is 38.4 Å². The molecule has 2 aromatic heterocycles. The van der Waals surface area contributed by atoms with E-state index in [2.05, 4.69) is 175 Å². The van der Waals surface area contributed by atoms with Crippen LogP contribution in [0.4, 0.5) is 17.1 Å². The average Bonchev–Trinajstić information content (AvgIpc) is 3.78. The predicted octanol–water partition coefficient (Wildman–Crippen LogP) is 14.0. The van der Waals surface area contributed by atoms with Crippen LogP contribution in [0.5, 0.6) is 0 Å². The van der Waals surface area contributed by atoms with Gasteiger partial charge in [-0.1, -0.05) is 146 Å². The molecule has 0 bridgehead atoms. The second-order valence-corrected chi connectivity index (χ2v) is 12.8. The topological polar surface area (TPSA) is 29.5 Å². The third kappa shape index (κ3) is 4.82. The number of furan rings is 2. The maximum Gasteiger partial charge on any atom is 0.160 e. The van der Waals surface area contributed by atoms with E-state index < -0.39 is 0 Å². The lowest BCUT2D eigenvalue weighted by Gasteiger charge is -2.30. The highest BCUT2D eigenvalue weighted by molar-refractivity contribution is 6.15. The van der Waals surface area contributed by atoms with E-state index in [0.29, 0.717) is 0 Å². The summed E-state index contributed by atoms with van der Waals surface area (Å²) < 4.78 is 13.1. The highest BCUT2D eigenvalue weighted by atomic mass is 16.3. The number of benzene rings is 8. The molecule has 0 amide bonds. The molecule has 0 radical (unpaired) electrons. The molecule has 2 heterocycles. The van der Waals surface area contributed by atoms with Crippen LogP contribution in [0.3, 0.4) is 0 Å². The zero-order valence-electron chi connectivity index (χ0n) is 27.7. The summed E-state index contributed by atoms with van der Waals surface area (Å²) in [6.45, 7) is 0. The van der Waals surface area contributed by atoms with E-state index in [4.69, 9.17) is 8.83 Å². The van der Waals surface area contributed by atoms with Crippen LogP contribution in [-0.2, 0) is 0 Å². The molecule has 8 aromatic carbocycles. The molecule has 240 valence electrons. The second kappa shape index (κ2) is 11.9. The number of hydrogen-bond acceptors (Lipinski definition) is 3. The first-order chi connectivity index (χ1) is 25.3. The predicted molar refractivity (Wildman–Crippen MR) is 212 cm³/mol. The molecule has 0 saturated carbocycles. The smallest absolute Gasteiger partial charge is 0.160 e. The van der Waals surface area contributed by atoms with Crippen molar-refractivity contribution in [2.45, 2.75) is 0 Å². The van der Waals surface area contributed by atoms with E-state index in [1.165, 1.54) is 0 Å². The molecule has 0 atom stereocenters. The van der Waals surface area contributed by atoms with Crippen molar-refractivity contribution in [3.63, 3.8) is 0 Å². The third-order valence-corrected chi connectivity index (χ3v) is 9.90. The van der Waals surface area contributed by atoms with Crippen molar-refractivity contribution in [2.24, 2.45) is 0 Å². The zero-order valence-corrected chi connectivity index (χ0v) is 27.7. The second-order valence-electron chi connectivity index (χ2n) is 12.8. The number of fused-ring (bicyclic) bond motifs is 6. The minimum atomic E-state index is 0.846. The molecule has 0 unspecified atom stereocenters. The molecule has 0 spiro atoms. The monoisotopic (exact) mass is 653 g/mol. The molecule has 0 aliphatic rings. The minimum absolute atomic E-state index is 0.846. The van der Waals surface area contributed by atoms with E-state index >= 15 is 0 Å². The third-order valence-electron chi connectivity index (χ3n) is 9.90. The molecule has 0 fully saturated rings. The van der Waals surface area contributed by atoms with E-state index in [1.807, 2.05) is 18.2 Å². The first kappa shape index (κ1) is 29.1. The molecule has 0 saturated heterocycles. The normalized spacial score (nSPS) is 11.5. The van der Waals surface area contributed by atoms with Crippen molar-refractivity contribution in [2.75, 3.05) is 4.90 Å². The quantitative estimate of drug-likeness (QED) is 0.179. The molecule has 51 heavy (non-hydrogen) atoms. The molecule has 10 aromatic rings. The molecular weight excluding hydrogens is 623 g/mol. The van der Waals surface area contributed by atoms with Gasteiger partial charge in [0.05, 0.1) is 11.4 Å². The van der Waals surface area contributed by atoms with Gasteiger partial charge in [0.25, 0.3) is 0 Å². The fraction of sp³-hybridized carbons (Fsp3) is 0. The van der Waals surface area contributed by atoms with E-state index in [1.54, 1.807) is 0 Å². The minimum Gasteiger partial charge on any atom is -0.456 e. The number of para-hydroxylation sites is 3. The van der Waals surface area contributed by atoms with Crippen LogP contribution in [0.25, 0.3) is 77.3 Å². The van der Waals surface area contributed by atoms with Crippen molar-refractivity contribution >= 4 is 60.9 Å². The largest absolute Gasteiger partial charge is 0.456 e. The van der Waals surface area contributed by atoms with Gasteiger partial charge < -0.3 is 13.7 Å².